The minimum atomic E-state index is -0.551. The van der Waals surface area contributed by atoms with Crippen molar-refractivity contribution < 1.29 is 23.4 Å². The van der Waals surface area contributed by atoms with Gasteiger partial charge in [-0.2, -0.15) is 0 Å². The average molecular weight is 377 g/mol. The molecule has 0 saturated heterocycles. The number of carbonyl (C=O) groups excluding carboxylic acids is 1. The number of rotatable bonds is 9. The van der Waals surface area contributed by atoms with Crippen molar-refractivity contribution in [2.24, 2.45) is 0 Å². The summed E-state index contributed by atoms with van der Waals surface area (Å²) in [7, 11) is 3.00. The Morgan fingerprint density at radius 1 is 1.22 bits per heavy atom. The van der Waals surface area contributed by atoms with E-state index in [1.165, 1.54) is 14.2 Å². The van der Waals surface area contributed by atoms with Crippen LogP contribution in [0, 0.1) is 6.92 Å². The van der Waals surface area contributed by atoms with E-state index in [1.807, 2.05) is 13.8 Å². The first kappa shape index (κ1) is 20.8. The maximum atomic E-state index is 12.4. The molecule has 27 heavy (non-hydrogen) atoms. The number of hydrogen-bond acceptors (Lipinski definition) is 6. The maximum Gasteiger partial charge on any atom is 0.340 e. The van der Waals surface area contributed by atoms with E-state index in [2.05, 4.69) is 5.32 Å². The molecule has 0 aliphatic rings. The van der Waals surface area contributed by atoms with Crippen LogP contribution in [0.25, 0.3) is 11.0 Å². The quantitative estimate of drug-likeness (QED) is 0.534. The normalized spacial score (nSPS) is 11.0. The molecule has 2 rings (SSSR count). The van der Waals surface area contributed by atoms with E-state index in [9.17, 15) is 9.59 Å². The van der Waals surface area contributed by atoms with Gasteiger partial charge >= 0.3 is 5.63 Å². The van der Waals surface area contributed by atoms with Gasteiger partial charge in [-0.25, -0.2) is 4.79 Å². The Morgan fingerprint density at radius 2 is 1.96 bits per heavy atom. The number of hydrogen-bond donors (Lipinski definition) is 1. The SMILES string of the molecule is COc1ccc2c(C)c(CC(=O)NCCCOC(C)C)c(=O)oc2c1OC. The molecule has 7 heteroatoms. The van der Waals surface area contributed by atoms with Gasteiger partial charge in [0.25, 0.3) is 0 Å². The fourth-order valence-corrected chi connectivity index (χ4v) is 2.81. The van der Waals surface area contributed by atoms with Gasteiger partial charge in [0.2, 0.25) is 11.7 Å². The standard InChI is InChI=1S/C20H27NO6/c1-12(2)26-10-6-9-21-17(22)11-15-13(3)14-7-8-16(24-4)19(25-5)18(14)27-20(15)23/h7-8,12H,6,9-11H2,1-5H3,(H,21,22). The van der Waals surface area contributed by atoms with Gasteiger partial charge in [0, 0.05) is 18.5 Å². The largest absolute Gasteiger partial charge is 0.493 e. The van der Waals surface area contributed by atoms with Crippen LogP contribution in [0.2, 0.25) is 0 Å². The van der Waals surface area contributed by atoms with Crippen molar-refractivity contribution >= 4 is 16.9 Å². The summed E-state index contributed by atoms with van der Waals surface area (Å²) in [6.45, 7) is 6.80. The lowest BCUT2D eigenvalue weighted by atomic mass is 10.0. The molecule has 0 unspecified atom stereocenters. The second-order valence-electron chi connectivity index (χ2n) is 6.47. The molecular weight excluding hydrogens is 350 g/mol. The molecule has 0 spiro atoms. The first-order valence-corrected chi connectivity index (χ1v) is 8.94. The van der Waals surface area contributed by atoms with Crippen molar-refractivity contribution in [2.75, 3.05) is 27.4 Å². The zero-order chi connectivity index (χ0) is 20.0. The Balaban J connectivity index is 2.17. The molecule has 7 nitrogen and oxygen atoms in total. The summed E-state index contributed by atoms with van der Waals surface area (Å²) < 4.78 is 21.4. The topological polar surface area (TPSA) is 87.0 Å². The van der Waals surface area contributed by atoms with Crippen molar-refractivity contribution in [3.05, 3.63) is 33.7 Å². The molecule has 1 amide bonds. The van der Waals surface area contributed by atoms with Gasteiger partial charge < -0.3 is 23.9 Å². The molecular formula is C20H27NO6. The van der Waals surface area contributed by atoms with Crippen LogP contribution in [0.4, 0.5) is 0 Å². The molecule has 0 fully saturated rings. The summed E-state index contributed by atoms with van der Waals surface area (Å²) >= 11 is 0. The lowest BCUT2D eigenvalue weighted by Crippen LogP contribution is -2.29. The van der Waals surface area contributed by atoms with Gasteiger partial charge in [-0.05, 0) is 44.9 Å². The van der Waals surface area contributed by atoms with Crippen LogP contribution >= 0.6 is 0 Å². The highest BCUT2D eigenvalue weighted by Gasteiger charge is 2.19. The van der Waals surface area contributed by atoms with E-state index in [0.717, 1.165) is 0 Å². The molecule has 148 valence electrons. The van der Waals surface area contributed by atoms with E-state index in [1.54, 1.807) is 19.1 Å². The van der Waals surface area contributed by atoms with Crippen LogP contribution in [-0.4, -0.2) is 39.4 Å². The van der Waals surface area contributed by atoms with Gasteiger partial charge in [-0.3, -0.25) is 4.79 Å². The van der Waals surface area contributed by atoms with Crippen molar-refractivity contribution in [1.29, 1.82) is 0 Å². The monoisotopic (exact) mass is 377 g/mol. The van der Waals surface area contributed by atoms with E-state index in [4.69, 9.17) is 18.6 Å². The van der Waals surface area contributed by atoms with Crippen LogP contribution in [0.5, 0.6) is 11.5 Å². The highest BCUT2D eigenvalue weighted by Crippen LogP contribution is 2.36. The number of nitrogens with one attached hydrogen (secondary N) is 1. The van der Waals surface area contributed by atoms with Crippen LogP contribution in [-0.2, 0) is 16.0 Å². The predicted octanol–water partition coefficient (Wildman–Crippen LogP) is 2.59. The molecule has 1 heterocycles. The second kappa shape index (κ2) is 9.41. The number of aryl methyl sites for hydroxylation is 1. The first-order valence-electron chi connectivity index (χ1n) is 8.94. The fourth-order valence-electron chi connectivity index (χ4n) is 2.81. The van der Waals surface area contributed by atoms with Gasteiger partial charge in [0.15, 0.2) is 11.3 Å². The molecule has 0 bridgehead atoms. The summed E-state index contributed by atoms with van der Waals surface area (Å²) in [5, 5.41) is 3.51. The molecule has 0 aliphatic heterocycles. The number of benzene rings is 1. The molecule has 2 aromatic rings. The lowest BCUT2D eigenvalue weighted by molar-refractivity contribution is -0.120. The Kier molecular flexibility index (Phi) is 7.24. The Hall–Kier alpha value is -2.54. The van der Waals surface area contributed by atoms with Crippen LogP contribution < -0.4 is 20.4 Å². The molecule has 1 aromatic heterocycles. The number of fused-ring (bicyclic) bond motifs is 1. The summed E-state index contributed by atoms with van der Waals surface area (Å²) in [5.74, 6) is 0.604. The summed E-state index contributed by atoms with van der Waals surface area (Å²) in [5.41, 5.74) is 0.797. The summed E-state index contributed by atoms with van der Waals surface area (Å²) in [6, 6.07) is 3.53. The minimum absolute atomic E-state index is 0.0382. The first-order chi connectivity index (χ1) is 12.9. The average Bonchev–Trinajstić information content (AvgIpc) is 2.63. The van der Waals surface area contributed by atoms with Crippen molar-refractivity contribution in [3.8, 4) is 11.5 Å². The number of amides is 1. The zero-order valence-electron chi connectivity index (χ0n) is 16.5. The van der Waals surface area contributed by atoms with E-state index < -0.39 is 5.63 Å². The third-order valence-electron chi connectivity index (χ3n) is 4.23. The maximum absolute atomic E-state index is 12.4. The molecule has 1 aromatic carbocycles. The Morgan fingerprint density at radius 3 is 2.59 bits per heavy atom. The molecule has 1 N–H and O–H groups in total. The van der Waals surface area contributed by atoms with Crippen molar-refractivity contribution in [3.63, 3.8) is 0 Å². The van der Waals surface area contributed by atoms with Crippen molar-refractivity contribution in [1.82, 2.24) is 5.32 Å². The van der Waals surface area contributed by atoms with Gasteiger partial charge in [-0.1, -0.05) is 0 Å². The number of ether oxygens (including phenoxy) is 3. The van der Waals surface area contributed by atoms with Crippen molar-refractivity contribution in [2.45, 2.75) is 39.7 Å². The molecule has 0 saturated carbocycles. The second-order valence-corrected chi connectivity index (χ2v) is 6.47. The van der Waals surface area contributed by atoms with E-state index in [-0.39, 0.29) is 18.4 Å². The Labute approximate surface area is 158 Å². The highest BCUT2D eigenvalue weighted by molar-refractivity contribution is 5.89. The van der Waals surface area contributed by atoms with Crippen LogP contribution in [0.1, 0.15) is 31.4 Å². The van der Waals surface area contributed by atoms with Crippen LogP contribution in [0.3, 0.4) is 0 Å². The zero-order valence-corrected chi connectivity index (χ0v) is 16.5. The van der Waals surface area contributed by atoms with E-state index >= 15 is 0 Å². The van der Waals surface area contributed by atoms with E-state index in [0.29, 0.717) is 53.2 Å². The van der Waals surface area contributed by atoms with Gasteiger partial charge in [0.05, 0.1) is 32.3 Å². The summed E-state index contributed by atoms with van der Waals surface area (Å²) in [4.78, 5) is 24.6. The fraction of sp³-hybridized carbons (Fsp3) is 0.500. The highest BCUT2D eigenvalue weighted by atomic mass is 16.5. The Bertz CT molecular complexity index is 856. The third-order valence-corrected chi connectivity index (χ3v) is 4.23. The number of carbonyl (C=O) groups is 1. The van der Waals surface area contributed by atoms with Gasteiger partial charge in [-0.15, -0.1) is 0 Å². The molecule has 0 aliphatic carbocycles. The van der Waals surface area contributed by atoms with Crippen LogP contribution in [0.15, 0.2) is 21.3 Å². The smallest absolute Gasteiger partial charge is 0.340 e. The lowest BCUT2D eigenvalue weighted by Gasteiger charge is -2.13. The molecule has 0 radical (unpaired) electrons. The minimum Gasteiger partial charge on any atom is -0.493 e. The van der Waals surface area contributed by atoms with Gasteiger partial charge in [0.1, 0.15) is 0 Å². The summed E-state index contributed by atoms with van der Waals surface area (Å²) in [6.07, 6.45) is 0.844. The number of methoxy groups -OCH3 is 2. The third kappa shape index (κ3) is 5.01. The predicted molar refractivity (Wildman–Crippen MR) is 103 cm³/mol. The molecule has 0 atom stereocenters.